The molecule has 0 saturated heterocycles. The van der Waals surface area contributed by atoms with Gasteiger partial charge in [0, 0.05) is 18.0 Å². The molecule has 0 fully saturated rings. The number of carbonyl (C=O) groups excluding carboxylic acids is 1. The SMILES string of the molecule is Nc1cn[nH]c1NC(=O)c1ccncc1. The smallest absolute Gasteiger partial charge is 0.256 e. The van der Waals surface area contributed by atoms with Gasteiger partial charge in [0.2, 0.25) is 0 Å². The average molecular weight is 203 g/mol. The number of nitrogens with one attached hydrogen (secondary N) is 2. The molecule has 0 saturated carbocycles. The molecular formula is C9H9N5O. The third-order valence-corrected chi connectivity index (χ3v) is 1.85. The fourth-order valence-corrected chi connectivity index (χ4v) is 1.08. The lowest BCUT2D eigenvalue weighted by Gasteiger charge is -2.02. The monoisotopic (exact) mass is 203 g/mol. The Kier molecular flexibility index (Phi) is 2.32. The molecule has 0 aliphatic carbocycles. The number of pyridine rings is 1. The van der Waals surface area contributed by atoms with Gasteiger partial charge in [0.15, 0.2) is 5.82 Å². The van der Waals surface area contributed by atoms with E-state index in [2.05, 4.69) is 20.5 Å². The van der Waals surface area contributed by atoms with Gasteiger partial charge in [0.05, 0.1) is 11.9 Å². The van der Waals surface area contributed by atoms with Crippen molar-refractivity contribution in [2.45, 2.75) is 0 Å². The summed E-state index contributed by atoms with van der Waals surface area (Å²) >= 11 is 0. The fraction of sp³-hybridized carbons (Fsp3) is 0. The first-order valence-electron chi connectivity index (χ1n) is 4.27. The van der Waals surface area contributed by atoms with E-state index in [1.54, 1.807) is 24.5 Å². The molecule has 15 heavy (non-hydrogen) atoms. The maximum absolute atomic E-state index is 11.6. The summed E-state index contributed by atoms with van der Waals surface area (Å²) in [7, 11) is 0. The molecule has 6 nitrogen and oxygen atoms in total. The van der Waals surface area contributed by atoms with Crippen LogP contribution in [0.25, 0.3) is 0 Å². The lowest BCUT2D eigenvalue weighted by molar-refractivity contribution is 0.102. The van der Waals surface area contributed by atoms with Crippen molar-refractivity contribution in [3.63, 3.8) is 0 Å². The Labute approximate surface area is 85.5 Å². The largest absolute Gasteiger partial charge is 0.394 e. The number of anilines is 2. The second-order valence-corrected chi connectivity index (χ2v) is 2.89. The molecule has 0 aromatic carbocycles. The van der Waals surface area contributed by atoms with Gasteiger partial charge in [-0.2, -0.15) is 5.10 Å². The second kappa shape index (κ2) is 3.79. The highest BCUT2D eigenvalue weighted by Gasteiger charge is 2.08. The van der Waals surface area contributed by atoms with Crippen LogP contribution >= 0.6 is 0 Å². The summed E-state index contributed by atoms with van der Waals surface area (Å²) in [5.74, 6) is 0.144. The molecule has 2 aromatic rings. The second-order valence-electron chi connectivity index (χ2n) is 2.89. The van der Waals surface area contributed by atoms with Crippen molar-refractivity contribution in [3.05, 3.63) is 36.3 Å². The van der Waals surface area contributed by atoms with Gasteiger partial charge in [-0.25, -0.2) is 0 Å². The van der Waals surface area contributed by atoms with Gasteiger partial charge in [-0.3, -0.25) is 14.9 Å². The standard InChI is InChI=1S/C9H9N5O/c10-7-5-12-14-8(7)13-9(15)6-1-3-11-4-2-6/h1-5H,10H2,(H2,12,13,14,15). The van der Waals surface area contributed by atoms with Gasteiger partial charge in [0.25, 0.3) is 5.91 Å². The number of nitrogens with two attached hydrogens (primary N) is 1. The Morgan fingerprint density at radius 3 is 2.73 bits per heavy atom. The number of carbonyl (C=O) groups is 1. The Bertz CT molecular complexity index is 464. The van der Waals surface area contributed by atoms with E-state index in [4.69, 9.17) is 5.73 Å². The third-order valence-electron chi connectivity index (χ3n) is 1.85. The first-order valence-corrected chi connectivity index (χ1v) is 4.27. The van der Waals surface area contributed by atoms with E-state index in [1.165, 1.54) is 6.20 Å². The fourth-order valence-electron chi connectivity index (χ4n) is 1.08. The molecule has 76 valence electrons. The Morgan fingerprint density at radius 1 is 1.40 bits per heavy atom. The molecule has 6 heteroatoms. The Morgan fingerprint density at radius 2 is 2.13 bits per heavy atom. The number of aromatic nitrogens is 3. The van der Waals surface area contributed by atoms with Crippen LogP contribution in [0.15, 0.2) is 30.7 Å². The van der Waals surface area contributed by atoms with Crippen LogP contribution in [0, 0.1) is 0 Å². The van der Waals surface area contributed by atoms with E-state index in [0.717, 1.165) is 0 Å². The van der Waals surface area contributed by atoms with Gasteiger partial charge in [-0.05, 0) is 12.1 Å². The van der Waals surface area contributed by atoms with Crippen LogP contribution in [0.2, 0.25) is 0 Å². The maximum atomic E-state index is 11.6. The minimum Gasteiger partial charge on any atom is -0.394 e. The summed E-state index contributed by atoms with van der Waals surface area (Å²) in [5, 5.41) is 8.87. The number of aromatic amines is 1. The van der Waals surface area contributed by atoms with Crippen LogP contribution in [-0.2, 0) is 0 Å². The summed E-state index contributed by atoms with van der Waals surface area (Å²) < 4.78 is 0. The quantitative estimate of drug-likeness (QED) is 0.667. The number of nitrogens with zero attached hydrogens (tertiary/aromatic N) is 2. The average Bonchev–Trinajstić information content (AvgIpc) is 2.66. The molecular weight excluding hydrogens is 194 g/mol. The summed E-state index contributed by atoms with van der Waals surface area (Å²) in [6, 6.07) is 3.23. The zero-order valence-electron chi connectivity index (χ0n) is 7.77. The molecule has 0 aliphatic rings. The molecule has 4 N–H and O–H groups in total. The van der Waals surface area contributed by atoms with Crippen molar-refractivity contribution in [2.24, 2.45) is 0 Å². The highest BCUT2D eigenvalue weighted by Crippen LogP contribution is 2.13. The van der Waals surface area contributed by atoms with Gasteiger partial charge in [-0.15, -0.1) is 0 Å². The lowest BCUT2D eigenvalue weighted by atomic mass is 10.2. The highest BCUT2D eigenvalue weighted by atomic mass is 16.1. The van der Waals surface area contributed by atoms with Crippen LogP contribution in [0.5, 0.6) is 0 Å². The molecule has 2 aromatic heterocycles. The molecule has 0 aliphatic heterocycles. The first-order chi connectivity index (χ1) is 7.27. The van der Waals surface area contributed by atoms with E-state index in [9.17, 15) is 4.79 Å². The van der Waals surface area contributed by atoms with E-state index >= 15 is 0 Å². The molecule has 0 spiro atoms. The number of nitrogen functional groups attached to an aromatic ring is 1. The van der Waals surface area contributed by atoms with Crippen LogP contribution in [-0.4, -0.2) is 21.1 Å². The predicted molar refractivity (Wildman–Crippen MR) is 55.2 cm³/mol. The van der Waals surface area contributed by atoms with Gasteiger partial charge in [-0.1, -0.05) is 0 Å². The normalized spacial score (nSPS) is 9.87. The van der Waals surface area contributed by atoms with Crippen molar-refractivity contribution in [3.8, 4) is 0 Å². The summed E-state index contributed by atoms with van der Waals surface area (Å²) in [5.41, 5.74) is 6.46. The first kappa shape index (κ1) is 9.20. The van der Waals surface area contributed by atoms with Crippen molar-refractivity contribution >= 4 is 17.4 Å². The number of hydrogen-bond donors (Lipinski definition) is 3. The van der Waals surface area contributed by atoms with Crippen molar-refractivity contribution in [2.75, 3.05) is 11.1 Å². The molecule has 0 unspecified atom stereocenters. The van der Waals surface area contributed by atoms with Crippen LogP contribution in [0.4, 0.5) is 11.5 Å². The number of hydrogen-bond acceptors (Lipinski definition) is 4. The van der Waals surface area contributed by atoms with Gasteiger partial charge in [0.1, 0.15) is 0 Å². The summed E-state index contributed by atoms with van der Waals surface area (Å²) in [6.07, 6.45) is 4.53. The van der Waals surface area contributed by atoms with E-state index in [1.807, 2.05) is 0 Å². The maximum Gasteiger partial charge on any atom is 0.256 e. The zero-order chi connectivity index (χ0) is 10.7. The van der Waals surface area contributed by atoms with Crippen molar-refractivity contribution in [1.29, 1.82) is 0 Å². The molecule has 1 amide bonds. The van der Waals surface area contributed by atoms with Crippen LogP contribution in [0.1, 0.15) is 10.4 Å². The summed E-state index contributed by atoms with van der Waals surface area (Å²) in [6.45, 7) is 0. The number of amides is 1. The van der Waals surface area contributed by atoms with Crippen molar-refractivity contribution in [1.82, 2.24) is 15.2 Å². The van der Waals surface area contributed by atoms with Gasteiger partial charge < -0.3 is 11.1 Å². The Balaban J connectivity index is 2.15. The van der Waals surface area contributed by atoms with Crippen molar-refractivity contribution < 1.29 is 4.79 Å². The van der Waals surface area contributed by atoms with Crippen LogP contribution in [0.3, 0.4) is 0 Å². The lowest BCUT2D eigenvalue weighted by Crippen LogP contribution is -2.13. The Hall–Kier alpha value is -2.37. The van der Waals surface area contributed by atoms with E-state index in [0.29, 0.717) is 17.1 Å². The third kappa shape index (κ3) is 1.93. The highest BCUT2D eigenvalue weighted by molar-refractivity contribution is 6.04. The van der Waals surface area contributed by atoms with E-state index < -0.39 is 0 Å². The van der Waals surface area contributed by atoms with E-state index in [-0.39, 0.29) is 5.91 Å². The topological polar surface area (TPSA) is 96.7 Å². The number of rotatable bonds is 2. The molecule has 0 atom stereocenters. The molecule has 2 heterocycles. The number of H-pyrrole nitrogens is 1. The molecule has 0 radical (unpaired) electrons. The zero-order valence-corrected chi connectivity index (χ0v) is 7.77. The predicted octanol–water partition coefficient (Wildman–Crippen LogP) is 0.639. The molecule has 0 bridgehead atoms. The molecule has 2 rings (SSSR count). The minimum absolute atomic E-state index is 0.256. The summed E-state index contributed by atoms with van der Waals surface area (Å²) in [4.78, 5) is 15.4. The van der Waals surface area contributed by atoms with Gasteiger partial charge >= 0.3 is 0 Å². The van der Waals surface area contributed by atoms with Crippen LogP contribution < -0.4 is 11.1 Å². The minimum atomic E-state index is -0.256.